The smallest absolute Gasteiger partial charge is 0.124 e. The van der Waals surface area contributed by atoms with E-state index in [0.717, 1.165) is 24.2 Å². The summed E-state index contributed by atoms with van der Waals surface area (Å²) in [7, 11) is 1.71. The van der Waals surface area contributed by atoms with Gasteiger partial charge in [-0.1, -0.05) is 64.5 Å². The number of methoxy groups -OCH3 is 1. The van der Waals surface area contributed by atoms with Crippen molar-refractivity contribution in [3.8, 4) is 5.75 Å². The van der Waals surface area contributed by atoms with Crippen LogP contribution in [0.3, 0.4) is 0 Å². The quantitative estimate of drug-likeness (QED) is 0.724. The number of rotatable bonds is 3. The van der Waals surface area contributed by atoms with Crippen LogP contribution in [0.1, 0.15) is 36.2 Å². The third-order valence-electron chi connectivity index (χ3n) is 3.93. The van der Waals surface area contributed by atoms with Gasteiger partial charge in [-0.2, -0.15) is 0 Å². The van der Waals surface area contributed by atoms with Gasteiger partial charge in [0.15, 0.2) is 0 Å². The van der Waals surface area contributed by atoms with Crippen LogP contribution >= 0.6 is 15.9 Å². The Labute approximate surface area is 134 Å². The standard InChI is InChI=1S/C18H19BrO2/c1-20-16-10-6-5-9-15(16)18-12-14(19)11-17(21-18)13-7-3-2-4-8-13/h2-10,14,17-18H,11-12H2,1H3/t14-,17-,18+/m0/s1. The van der Waals surface area contributed by atoms with Crippen molar-refractivity contribution in [1.82, 2.24) is 0 Å². The summed E-state index contributed by atoms with van der Waals surface area (Å²) >= 11 is 3.79. The molecule has 3 rings (SSSR count). The van der Waals surface area contributed by atoms with Gasteiger partial charge in [0.1, 0.15) is 5.75 Å². The molecule has 0 saturated carbocycles. The molecule has 1 aliphatic rings. The Hall–Kier alpha value is -1.32. The summed E-state index contributed by atoms with van der Waals surface area (Å²) in [6.45, 7) is 0. The molecule has 0 amide bonds. The predicted molar refractivity (Wildman–Crippen MR) is 88.0 cm³/mol. The van der Waals surface area contributed by atoms with Gasteiger partial charge in [0.25, 0.3) is 0 Å². The number of hydrogen-bond donors (Lipinski definition) is 0. The van der Waals surface area contributed by atoms with Crippen molar-refractivity contribution in [1.29, 1.82) is 0 Å². The van der Waals surface area contributed by atoms with Crippen LogP contribution in [0.2, 0.25) is 0 Å². The fraction of sp³-hybridized carbons (Fsp3) is 0.333. The van der Waals surface area contributed by atoms with E-state index in [-0.39, 0.29) is 12.2 Å². The molecule has 2 nitrogen and oxygen atoms in total. The van der Waals surface area contributed by atoms with Crippen LogP contribution in [-0.4, -0.2) is 11.9 Å². The molecule has 0 bridgehead atoms. The molecule has 0 spiro atoms. The molecule has 0 radical (unpaired) electrons. The van der Waals surface area contributed by atoms with Gasteiger partial charge >= 0.3 is 0 Å². The van der Waals surface area contributed by atoms with Crippen molar-refractivity contribution in [2.24, 2.45) is 0 Å². The molecule has 0 unspecified atom stereocenters. The highest BCUT2D eigenvalue weighted by Crippen LogP contribution is 2.43. The predicted octanol–water partition coefficient (Wildman–Crippen LogP) is 5.05. The second-order valence-corrected chi connectivity index (χ2v) is 6.63. The first-order chi connectivity index (χ1) is 10.3. The molecule has 3 heteroatoms. The number of para-hydroxylation sites is 1. The lowest BCUT2D eigenvalue weighted by molar-refractivity contribution is -0.0508. The second kappa shape index (κ2) is 6.63. The monoisotopic (exact) mass is 346 g/mol. The van der Waals surface area contributed by atoms with Crippen LogP contribution in [0.25, 0.3) is 0 Å². The molecule has 1 aliphatic heterocycles. The maximum absolute atomic E-state index is 6.36. The van der Waals surface area contributed by atoms with Crippen molar-refractivity contribution in [2.75, 3.05) is 7.11 Å². The first-order valence-electron chi connectivity index (χ1n) is 7.25. The van der Waals surface area contributed by atoms with Gasteiger partial charge in [0.2, 0.25) is 0 Å². The molecule has 110 valence electrons. The molecular formula is C18H19BrO2. The zero-order valence-electron chi connectivity index (χ0n) is 12.0. The van der Waals surface area contributed by atoms with E-state index in [2.05, 4.69) is 46.3 Å². The Morgan fingerprint density at radius 1 is 0.952 bits per heavy atom. The van der Waals surface area contributed by atoms with Gasteiger partial charge in [-0.15, -0.1) is 0 Å². The first kappa shape index (κ1) is 14.6. The third kappa shape index (κ3) is 3.30. The number of alkyl halides is 1. The largest absolute Gasteiger partial charge is 0.496 e. The van der Waals surface area contributed by atoms with Gasteiger partial charge in [0.05, 0.1) is 19.3 Å². The molecule has 2 aromatic rings. The van der Waals surface area contributed by atoms with Crippen molar-refractivity contribution in [3.05, 3.63) is 65.7 Å². The van der Waals surface area contributed by atoms with Crippen molar-refractivity contribution in [3.63, 3.8) is 0 Å². The van der Waals surface area contributed by atoms with E-state index in [1.54, 1.807) is 7.11 Å². The Kier molecular flexibility index (Phi) is 4.61. The van der Waals surface area contributed by atoms with Crippen LogP contribution in [0, 0.1) is 0 Å². The maximum atomic E-state index is 6.36. The van der Waals surface area contributed by atoms with Gasteiger partial charge in [0, 0.05) is 10.4 Å². The minimum Gasteiger partial charge on any atom is -0.496 e. The Morgan fingerprint density at radius 2 is 1.62 bits per heavy atom. The van der Waals surface area contributed by atoms with E-state index in [0.29, 0.717) is 4.83 Å². The van der Waals surface area contributed by atoms with Gasteiger partial charge in [-0.3, -0.25) is 0 Å². The minimum atomic E-state index is 0.0597. The fourth-order valence-electron chi connectivity index (χ4n) is 2.89. The molecule has 1 saturated heterocycles. The Morgan fingerprint density at radius 3 is 2.38 bits per heavy atom. The third-order valence-corrected chi connectivity index (χ3v) is 4.67. The SMILES string of the molecule is COc1ccccc1[C@H]1C[C@@H](Br)C[C@@H](c2ccccc2)O1. The molecule has 2 aromatic carbocycles. The highest BCUT2D eigenvalue weighted by Gasteiger charge is 2.31. The van der Waals surface area contributed by atoms with Crippen LogP contribution in [0.4, 0.5) is 0 Å². The van der Waals surface area contributed by atoms with Gasteiger partial charge < -0.3 is 9.47 Å². The van der Waals surface area contributed by atoms with E-state index >= 15 is 0 Å². The van der Waals surface area contributed by atoms with Crippen LogP contribution < -0.4 is 4.74 Å². The van der Waals surface area contributed by atoms with E-state index in [9.17, 15) is 0 Å². The minimum absolute atomic E-state index is 0.0597. The molecule has 1 fully saturated rings. The average molecular weight is 347 g/mol. The molecule has 3 atom stereocenters. The Balaban J connectivity index is 1.86. The molecular weight excluding hydrogens is 328 g/mol. The first-order valence-corrected chi connectivity index (χ1v) is 8.17. The fourth-order valence-corrected chi connectivity index (χ4v) is 3.56. The van der Waals surface area contributed by atoms with Gasteiger partial charge in [-0.05, 0) is 24.5 Å². The van der Waals surface area contributed by atoms with E-state index in [1.165, 1.54) is 5.56 Å². The molecule has 0 N–H and O–H groups in total. The van der Waals surface area contributed by atoms with Crippen LogP contribution in [-0.2, 0) is 4.74 Å². The average Bonchev–Trinajstić information content (AvgIpc) is 2.55. The Bertz CT molecular complexity index is 585. The normalized spacial score (nSPS) is 25.5. The lowest BCUT2D eigenvalue weighted by atomic mass is 9.94. The summed E-state index contributed by atoms with van der Waals surface area (Å²) in [5.74, 6) is 0.899. The number of benzene rings is 2. The summed E-state index contributed by atoms with van der Waals surface area (Å²) in [6, 6.07) is 18.6. The van der Waals surface area contributed by atoms with Crippen LogP contribution in [0.15, 0.2) is 54.6 Å². The highest BCUT2D eigenvalue weighted by molar-refractivity contribution is 9.09. The highest BCUT2D eigenvalue weighted by atomic mass is 79.9. The summed E-state index contributed by atoms with van der Waals surface area (Å²) in [5, 5.41) is 0. The summed E-state index contributed by atoms with van der Waals surface area (Å²) in [4.78, 5) is 0.450. The molecule has 1 heterocycles. The zero-order chi connectivity index (χ0) is 14.7. The molecule has 0 aromatic heterocycles. The molecule has 0 aliphatic carbocycles. The van der Waals surface area contributed by atoms with Gasteiger partial charge in [-0.25, -0.2) is 0 Å². The van der Waals surface area contributed by atoms with Crippen molar-refractivity contribution < 1.29 is 9.47 Å². The number of halogens is 1. The van der Waals surface area contributed by atoms with Crippen LogP contribution in [0.5, 0.6) is 5.75 Å². The van der Waals surface area contributed by atoms with Crippen molar-refractivity contribution in [2.45, 2.75) is 29.9 Å². The topological polar surface area (TPSA) is 18.5 Å². The summed E-state index contributed by atoms with van der Waals surface area (Å²) in [6.07, 6.45) is 2.14. The summed E-state index contributed by atoms with van der Waals surface area (Å²) < 4.78 is 11.8. The number of hydrogen-bond acceptors (Lipinski definition) is 2. The maximum Gasteiger partial charge on any atom is 0.124 e. The molecule has 21 heavy (non-hydrogen) atoms. The zero-order valence-corrected chi connectivity index (χ0v) is 13.6. The lowest BCUT2D eigenvalue weighted by Gasteiger charge is -2.34. The second-order valence-electron chi connectivity index (χ2n) is 5.33. The van der Waals surface area contributed by atoms with E-state index in [1.807, 2.05) is 24.3 Å². The lowest BCUT2D eigenvalue weighted by Crippen LogP contribution is -2.23. The van der Waals surface area contributed by atoms with E-state index < -0.39 is 0 Å². The van der Waals surface area contributed by atoms with Crippen molar-refractivity contribution >= 4 is 15.9 Å². The number of ether oxygens (including phenoxy) is 2. The summed E-state index contributed by atoms with van der Waals surface area (Å²) in [5.41, 5.74) is 2.37. The van der Waals surface area contributed by atoms with E-state index in [4.69, 9.17) is 9.47 Å².